The third-order valence-electron chi connectivity index (χ3n) is 3.04. The van der Waals surface area contributed by atoms with Crippen molar-refractivity contribution < 1.29 is 9.31 Å². The lowest BCUT2D eigenvalue weighted by atomic mass is 10.1. The lowest BCUT2D eigenvalue weighted by molar-refractivity contribution is -0.385. The van der Waals surface area contributed by atoms with Gasteiger partial charge in [-0.15, -0.1) is 0 Å². The van der Waals surface area contributed by atoms with Gasteiger partial charge in [0.2, 0.25) is 0 Å². The molecule has 0 atom stereocenters. The van der Waals surface area contributed by atoms with Gasteiger partial charge in [-0.3, -0.25) is 10.1 Å². The van der Waals surface area contributed by atoms with Crippen molar-refractivity contribution in [2.75, 3.05) is 6.54 Å². The molecule has 0 amide bonds. The number of benzene rings is 2. The van der Waals surface area contributed by atoms with E-state index in [4.69, 9.17) is 0 Å². The van der Waals surface area contributed by atoms with Crippen molar-refractivity contribution in [1.29, 1.82) is 0 Å². The molecule has 0 unspecified atom stereocenters. The van der Waals surface area contributed by atoms with Crippen molar-refractivity contribution in [1.82, 2.24) is 5.32 Å². The predicted molar refractivity (Wildman–Crippen MR) is 82.6 cm³/mol. The lowest BCUT2D eigenvalue weighted by Gasteiger charge is -2.06. The summed E-state index contributed by atoms with van der Waals surface area (Å²) >= 11 is 3.16. The number of nitrogens with zero attached hydrogens (tertiary/aromatic N) is 1. The molecule has 0 fully saturated rings. The number of hydrogen-bond donors (Lipinski definition) is 1. The van der Waals surface area contributed by atoms with E-state index in [1.807, 2.05) is 6.07 Å². The van der Waals surface area contributed by atoms with E-state index in [1.54, 1.807) is 24.3 Å². The van der Waals surface area contributed by atoms with E-state index in [9.17, 15) is 14.5 Å². The van der Waals surface area contributed by atoms with Crippen LogP contribution in [0.3, 0.4) is 0 Å². The summed E-state index contributed by atoms with van der Waals surface area (Å²) in [5.74, 6) is -0.242. The van der Waals surface area contributed by atoms with Crippen LogP contribution in [-0.4, -0.2) is 11.5 Å². The Hall–Kier alpha value is -1.79. The molecule has 0 aliphatic carbocycles. The van der Waals surface area contributed by atoms with Crippen LogP contribution in [-0.2, 0) is 13.0 Å². The van der Waals surface area contributed by atoms with E-state index >= 15 is 0 Å². The molecule has 0 bridgehead atoms. The molecule has 2 rings (SSSR count). The maximum atomic E-state index is 12.8. The molecule has 4 nitrogen and oxygen atoms in total. The molecule has 0 aliphatic heterocycles. The molecule has 2 aromatic carbocycles. The number of hydrogen-bond acceptors (Lipinski definition) is 3. The average molecular weight is 353 g/mol. The van der Waals surface area contributed by atoms with Crippen LogP contribution < -0.4 is 5.32 Å². The first-order valence-corrected chi connectivity index (χ1v) is 7.23. The van der Waals surface area contributed by atoms with Crippen LogP contribution in [0, 0.1) is 15.9 Å². The minimum atomic E-state index is -0.411. The predicted octanol–water partition coefficient (Wildman–Crippen LogP) is 3.83. The van der Waals surface area contributed by atoms with Gasteiger partial charge in [-0.25, -0.2) is 4.39 Å². The number of nitrogens with one attached hydrogen (secondary N) is 1. The summed E-state index contributed by atoms with van der Waals surface area (Å²) in [6, 6.07) is 11.4. The number of rotatable bonds is 6. The third-order valence-corrected chi connectivity index (χ3v) is 3.71. The van der Waals surface area contributed by atoms with E-state index < -0.39 is 4.92 Å². The zero-order valence-electron chi connectivity index (χ0n) is 11.2. The quantitative estimate of drug-likeness (QED) is 0.488. The number of halogens is 2. The van der Waals surface area contributed by atoms with Crippen molar-refractivity contribution >= 4 is 21.6 Å². The van der Waals surface area contributed by atoms with E-state index in [1.165, 1.54) is 12.1 Å². The van der Waals surface area contributed by atoms with Gasteiger partial charge in [0.1, 0.15) is 5.82 Å². The van der Waals surface area contributed by atoms with Gasteiger partial charge < -0.3 is 5.32 Å². The topological polar surface area (TPSA) is 55.2 Å². The van der Waals surface area contributed by atoms with Gasteiger partial charge in [-0.05, 0) is 58.2 Å². The second-order valence-electron chi connectivity index (χ2n) is 4.60. The van der Waals surface area contributed by atoms with E-state index in [2.05, 4.69) is 21.2 Å². The van der Waals surface area contributed by atoms with Gasteiger partial charge >= 0.3 is 0 Å². The molecule has 21 heavy (non-hydrogen) atoms. The highest BCUT2D eigenvalue weighted by Gasteiger charge is 2.11. The molecular formula is C15H14BrFN2O2. The Kier molecular flexibility index (Phi) is 5.41. The van der Waals surface area contributed by atoms with Crippen molar-refractivity contribution in [2.45, 2.75) is 13.0 Å². The summed E-state index contributed by atoms with van der Waals surface area (Å²) in [5, 5.41) is 14.1. The average Bonchev–Trinajstić information content (AvgIpc) is 2.46. The fourth-order valence-electron chi connectivity index (χ4n) is 1.92. The van der Waals surface area contributed by atoms with Gasteiger partial charge in [0.15, 0.2) is 0 Å². The smallest absolute Gasteiger partial charge is 0.283 e. The number of nitro groups is 1. The summed E-state index contributed by atoms with van der Waals surface area (Å²) in [6.45, 7) is 1.27. The number of nitro benzene ring substituents is 1. The molecule has 110 valence electrons. The SMILES string of the molecule is O=[N+]([O-])c1cc(CNCCc2ccc(F)cc2)ccc1Br. The van der Waals surface area contributed by atoms with Gasteiger partial charge in [-0.2, -0.15) is 0 Å². The van der Waals surface area contributed by atoms with Gasteiger partial charge in [-0.1, -0.05) is 18.2 Å². The fraction of sp³-hybridized carbons (Fsp3) is 0.200. The van der Waals surface area contributed by atoms with Gasteiger partial charge in [0.25, 0.3) is 5.69 Å². The van der Waals surface area contributed by atoms with Crippen LogP contribution in [0.1, 0.15) is 11.1 Å². The van der Waals surface area contributed by atoms with Gasteiger partial charge in [0, 0.05) is 12.6 Å². The molecular weight excluding hydrogens is 339 g/mol. The summed E-state index contributed by atoms with van der Waals surface area (Å²) in [5.41, 5.74) is 1.96. The summed E-state index contributed by atoms with van der Waals surface area (Å²) < 4.78 is 13.2. The summed E-state index contributed by atoms with van der Waals surface area (Å²) in [7, 11) is 0. The summed E-state index contributed by atoms with van der Waals surface area (Å²) in [6.07, 6.45) is 0.777. The van der Waals surface area contributed by atoms with Crippen LogP contribution in [0.15, 0.2) is 46.9 Å². The van der Waals surface area contributed by atoms with Crippen LogP contribution in [0.4, 0.5) is 10.1 Å². The third kappa shape index (κ3) is 4.61. The zero-order chi connectivity index (χ0) is 15.2. The minimum Gasteiger partial charge on any atom is -0.312 e. The molecule has 2 aromatic rings. The molecule has 1 N–H and O–H groups in total. The van der Waals surface area contributed by atoms with Crippen LogP contribution in [0.2, 0.25) is 0 Å². The first-order chi connectivity index (χ1) is 10.1. The molecule has 0 saturated carbocycles. The Bertz CT molecular complexity index is 632. The maximum Gasteiger partial charge on any atom is 0.283 e. The highest BCUT2D eigenvalue weighted by molar-refractivity contribution is 9.10. The maximum absolute atomic E-state index is 12.8. The van der Waals surface area contributed by atoms with Crippen molar-refractivity contribution in [3.8, 4) is 0 Å². The monoisotopic (exact) mass is 352 g/mol. The molecule has 0 saturated heterocycles. The standard InChI is InChI=1S/C15H14BrFN2O2/c16-14-6-3-12(9-15(14)19(20)21)10-18-8-7-11-1-4-13(17)5-2-11/h1-6,9,18H,7-8,10H2. The van der Waals surface area contributed by atoms with Crippen molar-refractivity contribution in [3.05, 3.63) is 74.0 Å². The lowest BCUT2D eigenvalue weighted by Crippen LogP contribution is -2.16. The normalized spacial score (nSPS) is 10.6. The minimum absolute atomic E-state index is 0.0628. The second-order valence-corrected chi connectivity index (χ2v) is 5.45. The van der Waals surface area contributed by atoms with Crippen molar-refractivity contribution in [2.24, 2.45) is 0 Å². The highest BCUT2D eigenvalue weighted by Crippen LogP contribution is 2.25. The Balaban J connectivity index is 1.85. The molecule has 0 radical (unpaired) electrons. The Morgan fingerprint density at radius 3 is 2.48 bits per heavy atom. The Morgan fingerprint density at radius 2 is 1.81 bits per heavy atom. The van der Waals surface area contributed by atoms with E-state index in [0.717, 1.165) is 24.1 Å². The van der Waals surface area contributed by atoms with Crippen LogP contribution in [0.25, 0.3) is 0 Å². The Morgan fingerprint density at radius 1 is 1.14 bits per heavy atom. The second kappa shape index (κ2) is 7.28. The molecule has 0 aromatic heterocycles. The summed E-state index contributed by atoms with van der Waals surface area (Å²) in [4.78, 5) is 10.4. The van der Waals surface area contributed by atoms with Crippen LogP contribution in [0.5, 0.6) is 0 Å². The van der Waals surface area contributed by atoms with E-state index in [-0.39, 0.29) is 11.5 Å². The molecule has 6 heteroatoms. The van der Waals surface area contributed by atoms with Gasteiger partial charge in [0.05, 0.1) is 9.40 Å². The molecule has 0 aliphatic rings. The zero-order valence-corrected chi connectivity index (χ0v) is 12.8. The fourth-order valence-corrected chi connectivity index (χ4v) is 2.32. The van der Waals surface area contributed by atoms with E-state index in [0.29, 0.717) is 11.0 Å². The van der Waals surface area contributed by atoms with Crippen LogP contribution >= 0.6 is 15.9 Å². The highest BCUT2D eigenvalue weighted by atomic mass is 79.9. The molecule has 0 heterocycles. The first kappa shape index (κ1) is 15.6. The molecule has 0 spiro atoms. The van der Waals surface area contributed by atoms with Crippen molar-refractivity contribution in [3.63, 3.8) is 0 Å². The largest absolute Gasteiger partial charge is 0.312 e. The first-order valence-electron chi connectivity index (χ1n) is 6.44. The Labute approximate surface area is 130 Å².